The van der Waals surface area contributed by atoms with Crippen LogP contribution in [0.5, 0.6) is 11.6 Å². The molecule has 2 aromatic carbocycles. The Bertz CT molecular complexity index is 1370. The Kier molecular flexibility index (Phi) is 7.15. The maximum absolute atomic E-state index is 12.9. The number of pyridine rings is 1. The third-order valence-electron chi connectivity index (χ3n) is 6.05. The summed E-state index contributed by atoms with van der Waals surface area (Å²) >= 11 is 0. The summed E-state index contributed by atoms with van der Waals surface area (Å²) in [4.78, 5) is 17.3. The maximum Gasteiger partial charge on any atom is 0.243 e. The van der Waals surface area contributed by atoms with Gasteiger partial charge in [-0.1, -0.05) is 17.7 Å². The van der Waals surface area contributed by atoms with Crippen molar-refractivity contribution in [2.75, 3.05) is 18.4 Å². The van der Waals surface area contributed by atoms with E-state index >= 15 is 0 Å². The minimum atomic E-state index is -3.57. The predicted octanol–water partition coefficient (Wildman–Crippen LogP) is 4.40. The monoisotopic (exact) mass is 490 g/mol. The number of carbonyl (C=O) groups excluding carboxylic acids is 1. The molecular weight excluding hydrogens is 464 g/mol. The van der Waals surface area contributed by atoms with E-state index in [-0.39, 0.29) is 22.6 Å². The second kappa shape index (κ2) is 10.3. The number of carbonyl (C=O) groups is 1. The molecule has 8 nitrogen and oxygen atoms in total. The number of aromatic nitrogens is 1. The molecule has 1 saturated heterocycles. The van der Waals surface area contributed by atoms with Crippen LogP contribution in [0.25, 0.3) is 0 Å². The van der Waals surface area contributed by atoms with Crippen molar-refractivity contribution in [1.82, 2.24) is 9.29 Å². The van der Waals surface area contributed by atoms with Gasteiger partial charge in [-0.2, -0.15) is 9.57 Å². The van der Waals surface area contributed by atoms with Crippen molar-refractivity contribution in [3.8, 4) is 17.7 Å². The zero-order chi connectivity index (χ0) is 25.0. The van der Waals surface area contributed by atoms with Crippen LogP contribution in [0.15, 0.2) is 65.7 Å². The molecule has 0 radical (unpaired) electrons. The maximum atomic E-state index is 12.9. The highest BCUT2D eigenvalue weighted by atomic mass is 32.2. The highest BCUT2D eigenvalue weighted by Gasteiger charge is 2.32. The average molecular weight is 491 g/mol. The number of benzene rings is 2. The molecule has 2 heterocycles. The van der Waals surface area contributed by atoms with Crippen molar-refractivity contribution in [2.24, 2.45) is 5.92 Å². The summed E-state index contributed by atoms with van der Waals surface area (Å²) in [5.74, 6) is 0.316. The van der Waals surface area contributed by atoms with Gasteiger partial charge in [-0.15, -0.1) is 0 Å². The lowest BCUT2D eigenvalue weighted by Gasteiger charge is -2.30. The molecule has 1 aromatic heterocycles. The van der Waals surface area contributed by atoms with Gasteiger partial charge in [0.25, 0.3) is 0 Å². The number of hydrogen-bond acceptors (Lipinski definition) is 6. The molecule has 1 amide bonds. The van der Waals surface area contributed by atoms with Crippen molar-refractivity contribution in [2.45, 2.75) is 31.6 Å². The average Bonchev–Trinajstić information content (AvgIpc) is 2.86. The normalized spacial score (nSPS) is 14.8. The highest BCUT2D eigenvalue weighted by Crippen LogP contribution is 2.29. The first-order valence-corrected chi connectivity index (χ1v) is 12.7. The number of sulfonamides is 1. The molecule has 0 atom stereocenters. The second-order valence-corrected chi connectivity index (χ2v) is 10.5. The Morgan fingerprint density at radius 3 is 2.49 bits per heavy atom. The van der Waals surface area contributed by atoms with E-state index in [1.807, 2.05) is 19.9 Å². The van der Waals surface area contributed by atoms with Crippen molar-refractivity contribution < 1.29 is 17.9 Å². The van der Waals surface area contributed by atoms with E-state index in [1.54, 1.807) is 60.8 Å². The molecule has 1 aliphatic rings. The van der Waals surface area contributed by atoms with Crippen LogP contribution in [0.2, 0.25) is 0 Å². The zero-order valence-corrected chi connectivity index (χ0v) is 20.4. The first kappa shape index (κ1) is 24.4. The number of hydrogen-bond donors (Lipinski definition) is 1. The minimum Gasteiger partial charge on any atom is -0.438 e. The van der Waals surface area contributed by atoms with Crippen LogP contribution in [0.3, 0.4) is 0 Å². The van der Waals surface area contributed by atoms with Gasteiger partial charge >= 0.3 is 0 Å². The van der Waals surface area contributed by atoms with Crippen LogP contribution in [-0.2, 0) is 14.8 Å². The fourth-order valence-electron chi connectivity index (χ4n) is 3.96. The molecule has 0 saturated carbocycles. The minimum absolute atomic E-state index is 0.134. The van der Waals surface area contributed by atoms with E-state index in [1.165, 1.54) is 4.31 Å². The molecule has 1 fully saturated rings. The lowest BCUT2D eigenvalue weighted by atomic mass is 9.97. The molecule has 180 valence electrons. The predicted molar refractivity (Wildman–Crippen MR) is 131 cm³/mol. The number of rotatable bonds is 6. The summed E-state index contributed by atoms with van der Waals surface area (Å²) in [6, 6.07) is 17.4. The van der Waals surface area contributed by atoms with Gasteiger partial charge in [0.2, 0.25) is 21.8 Å². The lowest BCUT2D eigenvalue weighted by Crippen LogP contribution is -2.41. The zero-order valence-electron chi connectivity index (χ0n) is 19.6. The van der Waals surface area contributed by atoms with Crippen molar-refractivity contribution in [1.29, 1.82) is 5.26 Å². The van der Waals surface area contributed by atoms with Crippen LogP contribution in [0.4, 0.5) is 5.69 Å². The van der Waals surface area contributed by atoms with E-state index in [0.29, 0.717) is 42.9 Å². The molecule has 1 N–H and O–H groups in total. The summed E-state index contributed by atoms with van der Waals surface area (Å²) in [6.07, 6.45) is 2.45. The Morgan fingerprint density at radius 1 is 1.11 bits per heavy atom. The van der Waals surface area contributed by atoms with Crippen LogP contribution in [0, 0.1) is 31.1 Å². The van der Waals surface area contributed by atoms with Crippen molar-refractivity contribution >= 4 is 21.6 Å². The van der Waals surface area contributed by atoms with Gasteiger partial charge in [-0.25, -0.2) is 13.4 Å². The number of nitriles is 1. The summed E-state index contributed by atoms with van der Waals surface area (Å²) in [7, 11) is -3.57. The molecule has 0 unspecified atom stereocenters. The standard InChI is InChI=1S/C26H26N4O4S/c1-18-5-8-23(9-6-18)35(32,33)30-14-11-20(12-15-30)25(31)29-24-10-7-22(16-19(24)2)34-26-21(17-27)4-3-13-28-26/h3-10,13,16,20H,11-12,14-15H2,1-2H3,(H,29,31). The van der Waals surface area contributed by atoms with Gasteiger partial charge in [0, 0.05) is 30.9 Å². The van der Waals surface area contributed by atoms with Crippen LogP contribution in [0.1, 0.15) is 29.5 Å². The summed E-state index contributed by atoms with van der Waals surface area (Å²) in [5, 5.41) is 12.1. The number of nitrogens with one attached hydrogen (secondary N) is 1. The fraction of sp³-hybridized carbons (Fsp3) is 0.269. The fourth-order valence-corrected chi connectivity index (χ4v) is 5.43. The first-order chi connectivity index (χ1) is 16.8. The largest absolute Gasteiger partial charge is 0.438 e. The van der Waals surface area contributed by atoms with Gasteiger partial charge in [0.05, 0.1) is 4.90 Å². The van der Waals surface area contributed by atoms with E-state index < -0.39 is 10.0 Å². The molecule has 35 heavy (non-hydrogen) atoms. The Balaban J connectivity index is 1.36. The van der Waals surface area contributed by atoms with E-state index in [0.717, 1.165) is 11.1 Å². The molecule has 1 aliphatic heterocycles. The molecule has 0 aliphatic carbocycles. The van der Waals surface area contributed by atoms with Crippen LogP contribution >= 0.6 is 0 Å². The van der Waals surface area contributed by atoms with E-state index in [9.17, 15) is 18.5 Å². The Labute approximate surface area is 205 Å². The summed E-state index contributed by atoms with van der Waals surface area (Å²) in [5.41, 5.74) is 2.78. The third-order valence-corrected chi connectivity index (χ3v) is 7.96. The second-order valence-electron chi connectivity index (χ2n) is 8.53. The van der Waals surface area contributed by atoms with Gasteiger partial charge in [0.15, 0.2) is 0 Å². The lowest BCUT2D eigenvalue weighted by molar-refractivity contribution is -0.120. The number of nitrogens with zero attached hydrogens (tertiary/aromatic N) is 3. The number of aryl methyl sites for hydroxylation is 2. The molecule has 3 aromatic rings. The molecular formula is C26H26N4O4S. The molecule has 0 bridgehead atoms. The summed E-state index contributed by atoms with van der Waals surface area (Å²) < 4.78 is 33.0. The quantitative estimate of drug-likeness (QED) is 0.548. The number of piperidine rings is 1. The third kappa shape index (κ3) is 5.50. The van der Waals surface area contributed by atoms with Crippen LogP contribution < -0.4 is 10.1 Å². The van der Waals surface area contributed by atoms with Crippen molar-refractivity contribution in [3.63, 3.8) is 0 Å². The smallest absolute Gasteiger partial charge is 0.243 e. The van der Waals surface area contributed by atoms with E-state index in [4.69, 9.17) is 4.74 Å². The van der Waals surface area contributed by atoms with Gasteiger partial charge < -0.3 is 10.1 Å². The molecule has 4 rings (SSSR count). The highest BCUT2D eigenvalue weighted by molar-refractivity contribution is 7.89. The topological polar surface area (TPSA) is 112 Å². The van der Waals surface area contributed by atoms with Gasteiger partial charge in [-0.3, -0.25) is 4.79 Å². The Hall–Kier alpha value is -3.74. The van der Waals surface area contributed by atoms with Crippen molar-refractivity contribution in [3.05, 3.63) is 77.5 Å². The van der Waals surface area contributed by atoms with E-state index in [2.05, 4.69) is 10.3 Å². The number of ether oxygens (including phenoxy) is 1. The molecule has 9 heteroatoms. The Morgan fingerprint density at radius 2 is 1.83 bits per heavy atom. The molecule has 0 spiro atoms. The summed E-state index contributed by atoms with van der Waals surface area (Å²) in [6.45, 7) is 4.35. The SMILES string of the molecule is Cc1ccc(S(=O)(=O)N2CCC(C(=O)Nc3ccc(Oc4ncccc4C#N)cc3C)CC2)cc1. The number of amides is 1. The first-order valence-electron chi connectivity index (χ1n) is 11.3. The van der Waals surface area contributed by atoms with Gasteiger partial charge in [0.1, 0.15) is 17.4 Å². The van der Waals surface area contributed by atoms with Crippen LogP contribution in [-0.4, -0.2) is 36.7 Å². The number of anilines is 1. The van der Waals surface area contributed by atoms with Gasteiger partial charge in [-0.05, 0) is 74.7 Å².